The Morgan fingerprint density at radius 3 is 1.62 bits per heavy atom. The van der Waals surface area contributed by atoms with Crippen molar-refractivity contribution in [2.45, 2.75) is 5.41 Å². The molecule has 2 aliphatic rings. The summed E-state index contributed by atoms with van der Waals surface area (Å²) in [7, 11) is 0. The summed E-state index contributed by atoms with van der Waals surface area (Å²) >= 11 is 0. The van der Waals surface area contributed by atoms with Gasteiger partial charge in [-0.15, -0.1) is 0 Å². The molecule has 0 bridgehead atoms. The molecule has 2 aromatic heterocycles. The molecule has 4 heteroatoms. The van der Waals surface area contributed by atoms with E-state index in [1.807, 2.05) is 18.2 Å². The summed E-state index contributed by atoms with van der Waals surface area (Å²) in [6, 6.07) is 74.4. The second-order valence-corrected chi connectivity index (χ2v) is 15.9. The lowest BCUT2D eigenvalue weighted by Crippen LogP contribution is -2.25. The van der Waals surface area contributed by atoms with Gasteiger partial charge >= 0.3 is 0 Å². The molecule has 278 valence electrons. The summed E-state index contributed by atoms with van der Waals surface area (Å²) in [6.07, 6.45) is 0. The molecule has 11 aromatic rings. The average Bonchev–Trinajstić information content (AvgIpc) is 3.93. The molecule has 0 aliphatic heterocycles. The highest BCUT2D eigenvalue weighted by molar-refractivity contribution is 6.10. The lowest BCUT2D eigenvalue weighted by molar-refractivity contribution is 0.794. The highest BCUT2D eigenvalue weighted by Gasteiger charge is 2.51. The largest absolute Gasteiger partial charge is 0.278 e. The van der Waals surface area contributed by atoms with Gasteiger partial charge < -0.3 is 0 Å². The van der Waals surface area contributed by atoms with Crippen LogP contribution in [0.2, 0.25) is 0 Å². The van der Waals surface area contributed by atoms with Crippen LogP contribution in [-0.4, -0.2) is 19.5 Å². The Morgan fingerprint density at radius 1 is 0.317 bits per heavy atom. The van der Waals surface area contributed by atoms with Gasteiger partial charge in [-0.1, -0.05) is 188 Å². The second kappa shape index (κ2) is 12.5. The summed E-state index contributed by atoms with van der Waals surface area (Å²) < 4.78 is 2.22. The van der Waals surface area contributed by atoms with Crippen LogP contribution in [0.15, 0.2) is 206 Å². The van der Waals surface area contributed by atoms with Gasteiger partial charge in [-0.05, 0) is 84.6 Å². The number of aromatic nitrogens is 4. The SMILES string of the molecule is c1ccc(-c2nc(-c3cccc4ccccc34)nc(-n3c4ccccc4c4ccc(-c5ccc6c(c5)-c5ccccc5C65c6ccccc6-c6ccccc65)cc43)n2)cc1. The van der Waals surface area contributed by atoms with Crippen molar-refractivity contribution in [3.63, 3.8) is 0 Å². The zero-order valence-electron chi connectivity index (χ0n) is 32.4. The van der Waals surface area contributed by atoms with Crippen LogP contribution in [0.1, 0.15) is 22.3 Å². The Bertz CT molecular complexity index is 3510. The molecule has 0 unspecified atom stereocenters. The average molecular weight is 763 g/mol. The minimum absolute atomic E-state index is 0.370. The molecule has 13 rings (SSSR count). The van der Waals surface area contributed by atoms with Gasteiger partial charge in [-0.2, -0.15) is 9.97 Å². The first-order valence-electron chi connectivity index (χ1n) is 20.5. The fourth-order valence-corrected chi connectivity index (χ4v) is 10.4. The molecular weight excluding hydrogens is 729 g/mol. The van der Waals surface area contributed by atoms with Crippen molar-refractivity contribution in [2.75, 3.05) is 0 Å². The number of fused-ring (bicyclic) bond motifs is 14. The highest BCUT2D eigenvalue weighted by atomic mass is 15.2. The standard InChI is InChI=1S/C56H34N4/c1-2-16-36(17-3-1)53-57-54(45-24-14-18-35-15-4-5-19-39(35)45)59-55(58-53)60-51-28-13-9-23-43(51)44-31-29-38(34-52(44)60)37-30-32-50-46(33-37)42-22-8-12-27-49(42)56(50)47-25-10-6-20-40(47)41-21-7-11-26-48(41)56/h1-34H. The number of rotatable bonds is 4. The predicted octanol–water partition coefficient (Wildman–Crippen LogP) is 13.5. The summed E-state index contributed by atoms with van der Waals surface area (Å²) in [5, 5.41) is 4.54. The zero-order valence-corrected chi connectivity index (χ0v) is 32.4. The van der Waals surface area contributed by atoms with Crippen LogP contribution in [0.3, 0.4) is 0 Å². The maximum absolute atomic E-state index is 5.31. The third-order valence-corrected chi connectivity index (χ3v) is 12.9. The molecule has 4 nitrogen and oxygen atoms in total. The monoisotopic (exact) mass is 762 g/mol. The molecule has 0 amide bonds. The van der Waals surface area contributed by atoms with Gasteiger partial charge in [0, 0.05) is 21.9 Å². The van der Waals surface area contributed by atoms with E-state index in [9.17, 15) is 0 Å². The van der Waals surface area contributed by atoms with Gasteiger partial charge in [-0.3, -0.25) is 4.57 Å². The Balaban J connectivity index is 1.03. The van der Waals surface area contributed by atoms with Crippen molar-refractivity contribution in [1.82, 2.24) is 19.5 Å². The number of benzene rings is 9. The quantitative estimate of drug-likeness (QED) is 0.179. The molecule has 0 saturated heterocycles. The third-order valence-electron chi connectivity index (χ3n) is 12.9. The molecule has 2 heterocycles. The van der Waals surface area contributed by atoms with Crippen molar-refractivity contribution in [2.24, 2.45) is 0 Å². The summed E-state index contributed by atoms with van der Waals surface area (Å²) in [5.41, 5.74) is 16.5. The predicted molar refractivity (Wildman–Crippen MR) is 244 cm³/mol. The fraction of sp³-hybridized carbons (Fsp3) is 0.0179. The van der Waals surface area contributed by atoms with Crippen LogP contribution < -0.4 is 0 Å². The van der Waals surface area contributed by atoms with E-state index in [-0.39, 0.29) is 5.41 Å². The van der Waals surface area contributed by atoms with Crippen LogP contribution in [0.5, 0.6) is 0 Å². The zero-order chi connectivity index (χ0) is 39.4. The van der Waals surface area contributed by atoms with Gasteiger partial charge in [0.05, 0.1) is 16.4 Å². The Labute approximate surface area is 346 Å². The van der Waals surface area contributed by atoms with Gasteiger partial charge in [0.25, 0.3) is 0 Å². The van der Waals surface area contributed by atoms with E-state index >= 15 is 0 Å². The lowest BCUT2D eigenvalue weighted by Gasteiger charge is -2.30. The molecule has 9 aromatic carbocycles. The summed E-state index contributed by atoms with van der Waals surface area (Å²) in [4.78, 5) is 15.7. The number of hydrogen-bond acceptors (Lipinski definition) is 3. The second-order valence-electron chi connectivity index (χ2n) is 15.9. The molecule has 0 fully saturated rings. The molecule has 0 atom stereocenters. The molecule has 2 aliphatic carbocycles. The molecule has 1 spiro atoms. The Hall–Kier alpha value is -7.95. The van der Waals surface area contributed by atoms with E-state index < -0.39 is 0 Å². The van der Waals surface area contributed by atoms with E-state index in [1.165, 1.54) is 44.5 Å². The highest BCUT2D eigenvalue weighted by Crippen LogP contribution is 2.63. The van der Waals surface area contributed by atoms with Crippen molar-refractivity contribution in [3.05, 3.63) is 229 Å². The molecule has 0 N–H and O–H groups in total. The van der Waals surface area contributed by atoms with Gasteiger partial charge in [-0.25, -0.2) is 4.98 Å². The van der Waals surface area contributed by atoms with Crippen molar-refractivity contribution in [3.8, 4) is 62.1 Å². The summed E-state index contributed by atoms with van der Waals surface area (Å²) in [6.45, 7) is 0. The first-order valence-corrected chi connectivity index (χ1v) is 20.5. The minimum atomic E-state index is -0.370. The normalized spacial score (nSPS) is 13.1. The molecule has 0 saturated carbocycles. The van der Waals surface area contributed by atoms with E-state index in [0.717, 1.165) is 54.8 Å². The van der Waals surface area contributed by atoms with Crippen LogP contribution in [0, 0.1) is 0 Å². The molecule has 60 heavy (non-hydrogen) atoms. The van der Waals surface area contributed by atoms with Crippen LogP contribution >= 0.6 is 0 Å². The van der Waals surface area contributed by atoms with Crippen molar-refractivity contribution >= 4 is 32.6 Å². The maximum Gasteiger partial charge on any atom is 0.238 e. The van der Waals surface area contributed by atoms with Gasteiger partial charge in [0.1, 0.15) is 0 Å². The fourth-order valence-electron chi connectivity index (χ4n) is 10.4. The molecule has 0 radical (unpaired) electrons. The number of nitrogens with zero attached hydrogens (tertiary/aromatic N) is 4. The lowest BCUT2D eigenvalue weighted by atomic mass is 9.70. The van der Waals surface area contributed by atoms with Crippen molar-refractivity contribution < 1.29 is 0 Å². The first-order chi connectivity index (χ1) is 29.8. The Morgan fingerprint density at radius 2 is 0.850 bits per heavy atom. The van der Waals surface area contributed by atoms with Crippen LogP contribution in [0.25, 0.3) is 94.7 Å². The van der Waals surface area contributed by atoms with Crippen LogP contribution in [0.4, 0.5) is 0 Å². The third kappa shape index (κ3) is 4.53. The maximum atomic E-state index is 5.31. The first kappa shape index (κ1) is 33.1. The number of para-hydroxylation sites is 1. The minimum Gasteiger partial charge on any atom is -0.278 e. The van der Waals surface area contributed by atoms with Gasteiger partial charge in [0.15, 0.2) is 11.6 Å². The van der Waals surface area contributed by atoms with Crippen LogP contribution in [-0.2, 0) is 5.41 Å². The van der Waals surface area contributed by atoms with E-state index in [4.69, 9.17) is 15.0 Å². The number of hydrogen-bond donors (Lipinski definition) is 0. The van der Waals surface area contributed by atoms with E-state index in [0.29, 0.717) is 17.6 Å². The van der Waals surface area contributed by atoms with E-state index in [1.54, 1.807) is 0 Å². The Kier molecular flexibility index (Phi) is 6.90. The molecular formula is C56H34N4. The smallest absolute Gasteiger partial charge is 0.238 e. The van der Waals surface area contributed by atoms with E-state index in [2.05, 4.69) is 193 Å². The van der Waals surface area contributed by atoms with Gasteiger partial charge in [0.2, 0.25) is 5.95 Å². The summed E-state index contributed by atoms with van der Waals surface area (Å²) in [5.74, 6) is 1.85. The van der Waals surface area contributed by atoms with Crippen molar-refractivity contribution in [1.29, 1.82) is 0 Å². The topological polar surface area (TPSA) is 43.6 Å².